The van der Waals surface area contributed by atoms with Crippen LogP contribution in [0.25, 0.3) is 0 Å². The highest BCUT2D eigenvalue weighted by Gasteiger charge is 2.33. The average molecular weight is 1380 g/mol. The molecule has 1 heterocycles. The molecule has 1 unspecified atom stereocenters. The molecule has 5 amide bonds. The fraction of sp³-hybridized carbons (Fsp3) is 0.678. The fourth-order valence-electron chi connectivity index (χ4n) is 8.30. The van der Waals surface area contributed by atoms with Gasteiger partial charge in [0.15, 0.2) is 11.6 Å². The lowest BCUT2D eigenvalue weighted by Crippen LogP contribution is -2.55. The largest absolute Gasteiger partial charge is 0.379 e. The van der Waals surface area contributed by atoms with Crippen molar-refractivity contribution >= 4 is 86.4 Å². The van der Waals surface area contributed by atoms with Crippen molar-refractivity contribution in [1.82, 2.24) is 25.8 Å². The first-order valence-corrected chi connectivity index (χ1v) is 34.0. The maximum Gasteiger partial charge on any atom is 0.259 e. The maximum atomic E-state index is 13.2. The van der Waals surface area contributed by atoms with Crippen LogP contribution in [0.3, 0.4) is 0 Å². The van der Waals surface area contributed by atoms with Gasteiger partial charge in [0.2, 0.25) is 39.6 Å². The van der Waals surface area contributed by atoms with E-state index in [2.05, 4.69) is 33.3 Å². The van der Waals surface area contributed by atoms with E-state index in [9.17, 15) is 46.2 Å². The van der Waals surface area contributed by atoms with Gasteiger partial charge in [0.25, 0.3) is 11.3 Å². The predicted molar refractivity (Wildman–Crippen MR) is 343 cm³/mol. The molecule has 3 rings (SSSR count). The summed E-state index contributed by atoms with van der Waals surface area (Å²) in [5.74, 6) is -2.38. The van der Waals surface area contributed by atoms with Gasteiger partial charge in [-0.25, -0.2) is 22.7 Å². The molecule has 31 nitrogen and oxygen atoms in total. The molecule has 0 spiro atoms. The zero-order chi connectivity index (χ0) is 67.7. The SMILES string of the molecule is C[C@H](CC(=O)[C@H](C)NC(=O)CCOCCOCCOCCOCCOCCOCCOCCOCCOCCOCCOCCOCCNC(=O)CN(CCN1CC(=O)N(c2ccc(NS(=O)O)cc2)C(=O)C1)CC(=O)Cc1ccc(S(N)(=O)=O)cc1)C(=O)NCCS. The van der Waals surface area contributed by atoms with Crippen molar-refractivity contribution in [1.29, 1.82) is 0 Å². The number of sulfonamides is 1. The summed E-state index contributed by atoms with van der Waals surface area (Å²) in [6.45, 7) is 12.5. The summed E-state index contributed by atoms with van der Waals surface area (Å²) < 4.78 is 112. The Labute approximate surface area is 552 Å². The van der Waals surface area contributed by atoms with E-state index < -0.39 is 45.1 Å². The van der Waals surface area contributed by atoms with Crippen LogP contribution in [-0.2, 0) is 118 Å². The number of hydrogen-bond donors (Lipinski definition) is 7. The molecular formula is C59H96N8O23S3. The van der Waals surface area contributed by atoms with Crippen LogP contribution >= 0.6 is 12.6 Å². The fourth-order valence-corrected chi connectivity index (χ4v) is 9.26. The van der Waals surface area contributed by atoms with Gasteiger partial charge < -0.3 is 72.8 Å². The predicted octanol–water partition coefficient (Wildman–Crippen LogP) is -0.977. The summed E-state index contributed by atoms with van der Waals surface area (Å²) >= 11 is 1.75. The molecule has 528 valence electrons. The lowest BCUT2D eigenvalue weighted by molar-refractivity contribution is -0.133. The van der Waals surface area contributed by atoms with Gasteiger partial charge in [0, 0.05) is 62.8 Å². The van der Waals surface area contributed by atoms with Crippen LogP contribution < -0.4 is 30.7 Å². The normalized spacial score (nSPS) is 13.9. The number of ketones is 2. The standard InChI is InChI=1S/C59H96N8O23S3/c1-47(59(74)62-13-40-91)41-54(69)48(2)63-55(70)11-16-79-18-20-81-22-24-83-26-28-85-30-32-87-34-36-89-38-39-90-37-35-88-33-31-86-29-27-84-25-23-82-21-19-80-17-12-61-56(71)44-65(43-52(68)42-49-3-9-53(10-4-49)93(60,77)78)14-15-66-45-57(72)67(58(73)46-66)51-7-5-50(6-8-51)64-92(75)76/h3-10,47-48,64,91H,11-46H2,1-2H3,(H,61,71)(H,62,74)(H,63,70)(H,75,76)(H2,60,77,78)/t47-,48+/m1/s1. The number of primary sulfonamides is 1. The van der Waals surface area contributed by atoms with Gasteiger partial charge in [0.1, 0.15) is 0 Å². The first-order chi connectivity index (χ1) is 44.9. The molecule has 1 aliphatic rings. The Morgan fingerprint density at radius 1 is 0.602 bits per heavy atom. The lowest BCUT2D eigenvalue weighted by atomic mass is 10.00. The van der Waals surface area contributed by atoms with E-state index in [0.717, 1.165) is 4.90 Å². The highest BCUT2D eigenvalue weighted by atomic mass is 32.2. The highest BCUT2D eigenvalue weighted by molar-refractivity contribution is 7.89. The molecule has 2 aromatic carbocycles. The van der Waals surface area contributed by atoms with Gasteiger partial charge in [-0.1, -0.05) is 19.1 Å². The van der Waals surface area contributed by atoms with E-state index in [1.165, 1.54) is 48.5 Å². The molecule has 0 aliphatic carbocycles. The van der Waals surface area contributed by atoms with Crippen molar-refractivity contribution in [3.8, 4) is 0 Å². The number of nitrogens with zero attached hydrogens (tertiary/aromatic N) is 3. The Kier molecular flexibility index (Phi) is 45.3. The monoisotopic (exact) mass is 1380 g/mol. The molecular weight excluding hydrogens is 1280 g/mol. The number of nitrogens with two attached hydrogens (primary N) is 1. The lowest BCUT2D eigenvalue weighted by Gasteiger charge is -2.33. The van der Waals surface area contributed by atoms with E-state index in [0.29, 0.717) is 168 Å². The molecule has 0 aromatic heterocycles. The second-order valence-corrected chi connectivity index (χ2v) is 23.4. The van der Waals surface area contributed by atoms with E-state index in [1.807, 2.05) is 0 Å². The third kappa shape index (κ3) is 40.8. The number of Topliss-reactive ketones (excluding diaryl/α,β-unsaturated/α-hetero) is 2. The van der Waals surface area contributed by atoms with Crippen LogP contribution in [0.5, 0.6) is 0 Å². The van der Waals surface area contributed by atoms with Crippen LogP contribution in [0, 0.1) is 5.92 Å². The number of rotatable bonds is 59. The molecule has 3 atom stereocenters. The van der Waals surface area contributed by atoms with Gasteiger partial charge in [-0.2, -0.15) is 12.6 Å². The molecule has 0 radical (unpaired) electrons. The average Bonchev–Trinajstić information content (AvgIpc) is 0.893. The van der Waals surface area contributed by atoms with E-state index >= 15 is 0 Å². The van der Waals surface area contributed by atoms with Crippen molar-refractivity contribution < 1.29 is 108 Å². The molecule has 7 N–H and O–H groups in total. The minimum atomic E-state index is -3.92. The summed E-state index contributed by atoms with van der Waals surface area (Å²) in [7, 11) is -3.92. The third-order valence-electron chi connectivity index (χ3n) is 13.1. The minimum Gasteiger partial charge on any atom is -0.379 e. The Morgan fingerprint density at radius 2 is 1.03 bits per heavy atom. The Morgan fingerprint density at radius 3 is 1.45 bits per heavy atom. The van der Waals surface area contributed by atoms with Gasteiger partial charge in [0.05, 0.1) is 201 Å². The van der Waals surface area contributed by atoms with Crippen LogP contribution in [0.1, 0.15) is 32.3 Å². The molecule has 2 aromatic rings. The number of imide groups is 1. The molecule has 1 aliphatic heterocycles. The van der Waals surface area contributed by atoms with Gasteiger partial charge in [-0.05, 0) is 48.9 Å². The third-order valence-corrected chi connectivity index (χ3v) is 14.6. The molecule has 1 fully saturated rings. The van der Waals surface area contributed by atoms with Crippen molar-refractivity contribution in [2.75, 3.05) is 226 Å². The van der Waals surface area contributed by atoms with Crippen molar-refractivity contribution in [3.05, 3.63) is 54.1 Å². The number of hydrogen-bond acceptors (Lipinski definition) is 25. The summed E-state index contributed by atoms with van der Waals surface area (Å²) in [6, 6.07) is 10.8. The van der Waals surface area contributed by atoms with E-state index in [-0.39, 0.29) is 119 Å². The van der Waals surface area contributed by atoms with Crippen LogP contribution in [-0.4, -0.2) is 291 Å². The number of thiol groups is 1. The molecule has 34 heteroatoms. The topological polar surface area (TPSA) is 386 Å². The number of nitrogens with one attached hydrogen (secondary N) is 4. The number of carbonyl (C=O) groups is 7. The Balaban J connectivity index is 1.06. The zero-order valence-electron chi connectivity index (χ0n) is 53.3. The van der Waals surface area contributed by atoms with Crippen molar-refractivity contribution in [2.45, 2.75) is 44.0 Å². The second-order valence-electron chi connectivity index (χ2n) is 20.7. The summed E-state index contributed by atoms with van der Waals surface area (Å²) in [6.07, 6.45) is 0.0758. The smallest absolute Gasteiger partial charge is 0.259 e. The Bertz CT molecular complexity index is 2570. The van der Waals surface area contributed by atoms with Crippen LogP contribution in [0.2, 0.25) is 0 Å². The number of piperazine rings is 1. The highest BCUT2D eigenvalue weighted by Crippen LogP contribution is 2.21. The number of carbonyl (C=O) groups excluding carboxylic acids is 7. The van der Waals surface area contributed by atoms with Crippen molar-refractivity contribution in [2.24, 2.45) is 11.1 Å². The van der Waals surface area contributed by atoms with E-state index in [1.54, 1.807) is 23.6 Å². The van der Waals surface area contributed by atoms with Crippen LogP contribution in [0.4, 0.5) is 11.4 Å². The summed E-state index contributed by atoms with van der Waals surface area (Å²) in [5, 5.41) is 13.3. The maximum absolute atomic E-state index is 13.2. The molecule has 0 saturated carbocycles. The van der Waals surface area contributed by atoms with Crippen LogP contribution in [0.15, 0.2) is 53.4 Å². The molecule has 1 saturated heterocycles. The number of ether oxygens (including phenoxy) is 12. The Hall–Kier alpha value is -5.06. The summed E-state index contributed by atoms with van der Waals surface area (Å²) in [5.41, 5.74) is 1.15. The van der Waals surface area contributed by atoms with Gasteiger partial charge in [-0.3, -0.25) is 52.6 Å². The van der Waals surface area contributed by atoms with Gasteiger partial charge >= 0.3 is 0 Å². The number of amides is 5. The molecule has 93 heavy (non-hydrogen) atoms. The van der Waals surface area contributed by atoms with Gasteiger partial charge in [-0.15, -0.1) is 0 Å². The zero-order valence-corrected chi connectivity index (χ0v) is 55.9. The number of anilines is 2. The van der Waals surface area contributed by atoms with E-state index in [4.69, 9.17) is 66.5 Å². The first-order valence-electron chi connectivity index (χ1n) is 30.7. The molecule has 0 bridgehead atoms. The quantitative estimate of drug-likeness (QED) is 0.0181. The second kappa shape index (κ2) is 51.2. The van der Waals surface area contributed by atoms with Crippen molar-refractivity contribution in [3.63, 3.8) is 0 Å². The summed E-state index contributed by atoms with van der Waals surface area (Å²) in [4.78, 5) is 93.2. The minimum absolute atomic E-state index is 0.0347. The number of benzene rings is 2. The first kappa shape index (κ1) is 82.2.